The number of rotatable bonds is 3. The third kappa shape index (κ3) is 2.36. The first-order chi connectivity index (χ1) is 5.84. The molecule has 0 radical (unpaired) electrons. The van der Waals surface area contributed by atoms with Crippen molar-refractivity contribution in [3.05, 3.63) is 35.9 Å². The van der Waals surface area contributed by atoms with Crippen LogP contribution in [0.1, 0.15) is 10.4 Å². The number of carbonyl (C=O) groups excluding carboxylic acids is 1. The summed E-state index contributed by atoms with van der Waals surface area (Å²) in [6, 6.07) is 8.91. The molecule has 0 saturated heterocycles. The average molecular weight is 165 g/mol. The Balaban J connectivity index is 2.54. The Bertz CT molecular complexity index is 246. The molecule has 0 heterocycles. The summed E-state index contributed by atoms with van der Waals surface area (Å²) in [4.78, 5) is 11.2. The van der Waals surface area contributed by atoms with E-state index in [-0.39, 0.29) is 12.5 Å². The van der Waals surface area contributed by atoms with Gasteiger partial charge in [-0.15, -0.1) is 0 Å². The molecule has 0 fully saturated rings. The van der Waals surface area contributed by atoms with Crippen molar-refractivity contribution in [2.75, 3.05) is 13.2 Å². The minimum absolute atomic E-state index is 0.0292. The number of amides is 1. The summed E-state index contributed by atoms with van der Waals surface area (Å²) in [5.41, 5.74) is 0.617. The molecule has 0 saturated carbocycles. The highest BCUT2D eigenvalue weighted by molar-refractivity contribution is 5.94. The number of aliphatic hydroxyl groups excluding tert-OH is 1. The van der Waals surface area contributed by atoms with Crippen molar-refractivity contribution >= 4 is 5.91 Å². The minimum Gasteiger partial charge on any atom is -0.395 e. The second-order valence-electron chi connectivity index (χ2n) is 2.35. The van der Waals surface area contributed by atoms with Gasteiger partial charge in [0.25, 0.3) is 5.91 Å². The predicted molar refractivity (Wildman–Crippen MR) is 45.9 cm³/mol. The third-order valence-corrected chi connectivity index (χ3v) is 1.43. The van der Waals surface area contributed by atoms with Crippen molar-refractivity contribution in [3.63, 3.8) is 0 Å². The van der Waals surface area contributed by atoms with Gasteiger partial charge < -0.3 is 10.4 Å². The Kier molecular flexibility index (Phi) is 3.29. The highest BCUT2D eigenvalue weighted by Gasteiger charge is 2.01. The van der Waals surface area contributed by atoms with Crippen molar-refractivity contribution in [2.24, 2.45) is 0 Å². The number of aliphatic hydroxyl groups is 1. The number of hydrogen-bond donors (Lipinski definition) is 2. The maximum atomic E-state index is 11.2. The number of benzene rings is 1. The molecule has 0 bridgehead atoms. The van der Waals surface area contributed by atoms with Crippen molar-refractivity contribution < 1.29 is 9.90 Å². The maximum absolute atomic E-state index is 11.2. The molecule has 0 aliphatic heterocycles. The third-order valence-electron chi connectivity index (χ3n) is 1.43. The normalized spacial score (nSPS) is 9.42. The molecular formula is C9H11NO2. The number of carbonyl (C=O) groups is 1. The smallest absolute Gasteiger partial charge is 0.251 e. The SMILES string of the molecule is O=C(NCCO)c1ccccc1. The summed E-state index contributed by atoms with van der Waals surface area (Å²) in [6.45, 7) is 0.270. The summed E-state index contributed by atoms with van der Waals surface area (Å²) in [5, 5.41) is 11.0. The molecule has 3 heteroatoms. The lowest BCUT2D eigenvalue weighted by molar-refractivity contribution is 0.0945. The predicted octanol–water partition coefficient (Wildman–Crippen LogP) is 0.409. The molecule has 1 aromatic carbocycles. The largest absolute Gasteiger partial charge is 0.395 e. The Morgan fingerprint density at radius 2 is 2.00 bits per heavy atom. The molecule has 1 aromatic rings. The van der Waals surface area contributed by atoms with E-state index in [9.17, 15) is 4.79 Å². The van der Waals surface area contributed by atoms with E-state index < -0.39 is 0 Å². The molecule has 0 spiro atoms. The topological polar surface area (TPSA) is 49.3 Å². The lowest BCUT2D eigenvalue weighted by Gasteiger charge is -2.01. The van der Waals surface area contributed by atoms with Crippen LogP contribution in [0.15, 0.2) is 30.3 Å². The summed E-state index contributed by atoms with van der Waals surface area (Å²) < 4.78 is 0. The Hall–Kier alpha value is -1.35. The van der Waals surface area contributed by atoms with Crippen molar-refractivity contribution in [3.8, 4) is 0 Å². The molecule has 0 aromatic heterocycles. The van der Waals surface area contributed by atoms with E-state index in [4.69, 9.17) is 5.11 Å². The van der Waals surface area contributed by atoms with Crippen LogP contribution in [-0.4, -0.2) is 24.2 Å². The van der Waals surface area contributed by atoms with E-state index in [1.165, 1.54) is 0 Å². The lowest BCUT2D eigenvalue weighted by Crippen LogP contribution is -2.26. The second-order valence-corrected chi connectivity index (χ2v) is 2.35. The first-order valence-electron chi connectivity index (χ1n) is 3.78. The fraction of sp³-hybridized carbons (Fsp3) is 0.222. The zero-order valence-corrected chi connectivity index (χ0v) is 6.66. The Morgan fingerprint density at radius 3 is 2.58 bits per heavy atom. The van der Waals surface area contributed by atoms with Crippen LogP contribution < -0.4 is 5.32 Å². The van der Waals surface area contributed by atoms with Gasteiger partial charge in [0.1, 0.15) is 0 Å². The zero-order valence-electron chi connectivity index (χ0n) is 6.66. The number of hydrogen-bond acceptors (Lipinski definition) is 2. The van der Waals surface area contributed by atoms with Gasteiger partial charge in [0.2, 0.25) is 0 Å². The van der Waals surface area contributed by atoms with E-state index >= 15 is 0 Å². The maximum Gasteiger partial charge on any atom is 0.251 e. The Labute approximate surface area is 71.0 Å². The highest BCUT2D eigenvalue weighted by atomic mass is 16.3. The average Bonchev–Trinajstić information content (AvgIpc) is 2.15. The lowest BCUT2D eigenvalue weighted by atomic mass is 10.2. The first-order valence-corrected chi connectivity index (χ1v) is 3.78. The van der Waals surface area contributed by atoms with E-state index in [0.29, 0.717) is 12.1 Å². The summed E-state index contributed by atoms with van der Waals surface area (Å²) in [7, 11) is 0. The molecule has 64 valence electrons. The van der Waals surface area contributed by atoms with Gasteiger partial charge in [0, 0.05) is 12.1 Å². The second kappa shape index (κ2) is 4.51. The molecule has 2 N–H and O–H groups in total. The van der Waals surface area contributed by atoms with Gasteiger partial charge in [-0.3, -0.25) is 4.79 Å². The molecule has 0 aliphatic carbocycles. The molecular weight excluding hydrogens is 154 g/mol. The summed E-state index contributed by atoms with van der Waals surface area (Å²) in [5.74, 6) is -0.148. The standard InChI is InChI=1S/C9H11NO2/c11-7-6-10-9(12)8-4-2-1-3-5-8/h1-5,11H,6-7H2,(H,10,12). The molecule has 1 amide bonds. The monoisotopic (exact) mass is 165 g/mol. The molecule has 0 aliphatic rings. The van der Waals surface area contributed by atoms with Gasteiger partial charge in [-0.1, -0.05) is 18.2 Å². The molecule has 0 unspecified atom stereocenters. The van der Waals surface area contributed by atoms with Crippen LogP contribution in [0, 0.1) is 0 Å². The molecule has 3 nitrogen and oxygen atoms in total. The van der Waals surface area contributed by atoms with Crippen LogP contribution in [0.2, 0.25) is 0 Å². The summed E-state index contributed by atoms with van der Waals surface area (Å²) >= 11 is 0. The highest BCUT2D eigenvalue weighted by Crippen LogP contribution is 1.96. The van der Waals surface area contributed by atoms with E-state index in [1.807, 2.05) is 6.07 Å². The van der Waals surface area contributed by atoms with Crippen LogP contribution in [0.4, 0.5) is 0 Å². The van der Waals surface area contributed by atoms with Gasteiger partial charge in [0.15, 0.2) is 0 Å². The van der Waals surface area contributed by atoms with Gasteiger partial charge in [-0.2, -0.15) is 0 Å². The Morgan fingerprint density at radius 1 is 1.33 bits per heavy atom. The quantitative estimate of drug-likeness (QED) is 0.681. The van der Waals surface area contributed by atoms with E-state index in [1.54, 1.807) is 24.3 Å². The van der Waals surface area contributed by atoms with E-state index in [0.717, 1.165) is 0 Å². The van der Waals surface area contributed by atoms with Crippen molar-refractivity contribution in [1.29, 1.82) is 0 Å². The van der Waals surface area contributed by atoms with Crippen LogP contribution in [0.5, 0.6) is 0 Å². The molecule has 0 atom stereocenters. The summed E-state index contributed by atoms with van der Waals surface area (Å²) in [6.07, 6.45) is 0. The first kappa shape index (κ1) is 8.74. The van der Waals surface area contributed by atoms with Crippen molar-refractivity contribution in [2.45, 2.75) is 0 Å². The van der Waals surface area contributed by atoms with Gasteiger partial charge >= 0.3 is 0 Å². The van der Waals surface area contributed by atoms with Crippen LogP contribution >= 0.6 is 0 Å². The van der Waals surface area contributed by atoms with E-state index in [2.05, 4.69) is 5.32 Å². The van der Waals surface area contributed by atoms with Gasteiger partial charge in [0.05, 0.1) is 6.61 Å². The van der Waals surface area contributed by atoms with Crippen LogP contribution in [0.3, 0.4) is 0 Å². The van der Waals surface area contributed by atoms with Crippen LogP contribution in [0.25, 0.3) is 0 Å². The zero-order chi connectivity index (χ0) is 8.81. The van der Waals surface area contributed by atoms with Crippen molar-refractivity contribution in [1.82, 2.24) is 5.32 Å². The fourth-order valence-corrected chi connectivity index (χ4v) is 0.861. The number of nitrogens with one attached hydrogen (secondary N) is 1. The molecule has 12 heavy (non-hydrogen) atoms. The van der Waals surface area contributed by atoms with Crippen LogP contribution in [-0.2, 0) is 0 Å². The van der Waals surface area contributed by atoms with Gasteiger partial charge in [-0.25, -0.2) is 0 Å². The molecule has 1 rings (SSSR count). The van der Waals surface area contributed by atoms with Gasteiger partial charge in [-0.05, 0) is 12.1 Å². The minimum atomic E-state index is -0.148. The fourth-order valence-electron chi connectivity index (χ4n) is 0.861.